The standard InChI is InChI=1S/C22H32N4O8S7/c1-3-33-20(30)14(10-38-26-13(9-36)22(32)37)23-18(28)16-5-6-17(40-16)19(29)24-15(21(31)34-4-2)11-39-41-25-12(7-27)8-35/h5-6,8,12-15,25-27,36H,3-4,7,9-11H2,1-2H3,(H,23,28)(H,24,29)(H,32,37)/t12-,13+,14?,15?/m1/s1. The van der Waals surface area contributed by atoms with E-state index < -0.39 is 53.0 Å². The first-order chi connectivity index (χ1) is 19.6. The van der Waals surface area contributed by atoms with Gasteiger partial charge in [0.1, 0.15) is 12.1 Å². The summed E-state index contributed by atoms with van der Waals surface area (Å²) in [5, 5.41) is 15.3. The summed E-state index contributed by atoms with van der Waals surface area (Å²) < 4.78 is 15.8. The SMILES string of the molecule is CCOC(=O)C(CSN[C@@H](CS)C(=O)S)NC(=O)c1ccc(C(=O)NC(CSSN[C@@H](C=S)CO)C(=O)OCC)s1. The number of carbonyl (C=O) groups is 5. The second-order valence-corrected chi connectivity index (χ2v) is 12.8. The van der Waals surface area contributed by atoms with Gasteiger partial charge in [-0.2, -0.15) is 12.6 Å². The maximum Gasteiger partial charge on any atom is 0.329 e. The van der Waals surface area contributed by atoms with Crippen LogP contribution < -0.4 is 20.1 Å². The average Bonchev–Trinajstić information content (AvgIpc) is 3.45. The van der Waals surface area contributed by atoms with E-state index in [1.807, 2.05) is 0 Å². The molecule has 0 aliphatic rings. The fraction of sp³-hybridized carbons (Fsp3) is 0.545. The van der Waals surface area contributed by atoms with Crippen LogP contribution in [-0.4, -0.2) is 101 Å². The number of rotatable bonds is 21. The zero-order valence-electron chi connectivity index (χ0n) is 22.0. The predicted octanol–water partition coefficient (Wildman–Crippen LogP) is 1.31. The number of hydrogen-bond donors (Lipinski definition) is 7. The summed E-state index contributed by atoms with van der Waals surface area (Å²) >= 11 is 14.5. The van der Waals surface area contributed by atoms with Gasteiger partial charge in [-0.1, -0.05) is 35.0 Å². The Hall–Kier alpha value is -1.03. The zero-order valence-corrected chi connectivity index (χ0v) is 27.9. The third-order valence-corrected chi connectivity index (χ3v) is 9.69. The Labute approximate surface area is 270 Å². The Morgan fingerprint density at radius 1 is 0.976 bits per heavy atom. The molecule has 1 aromatic heterocycles. The molecule has 41 heavy (non-hydrogen) atoms. The van der Waals surface area contributed by atoms with Crippen LogP contribution in [0.15, 0.2) is 12.1 Å². The normalized spacial score (nSPS) is 13.8. The van der Waals surface area contributed by atoms with Crippen LogP contribution in [0.25, 0.3) is 0 Å². The molecule has 2 unspecified atom stereocenters. The van der Waals surface area contributed by atoms with Crippen molar-refractivity contribution in [3.63, 3.8) is 0 Å². The number of amides is 2. The number of thiophene rings is 1. The maximum absolute atomic E-state index is 12.9. The lowest BCUT2D eigenvalue weighted by Crippen LogP contribution is -2.44. The first kappa shape index (κ1) is 38.0. The van der Waals surface area contributed by atoms with E-state index in [4.69, 9.17) is 21.7 Å². The van der Waals surface area contributed by atoms with Crippen LogP contribution in [0.2, 0.25) is 0 Å². The van der Waals surface area contributed by atoms with E-state index in [9.17, 15) is 29.1 Å². The van der Waals surface area contributed by atoms with E-state index in [1.165, 1.54) is 28.3 Å². The summed E-state index contributed by atoms with van der Waals surface area (Å²) in [6, 6.07) is -0.240. The molecular weight excluding hydrogens is 673 g/mol. The number of thiol groups is 2. The largest absolute Gasteiger partial charge is 0.464 e. The van der Waals surface area contributed by atoms with Gasteiger partial charge in [0.05, 0.1) is 41.7 Å². The van der Waals surface area contributed by atoms with Crippen molar-refractivity contribution in [2.24, 2.45) is 0 Å². The molecule has 2 amide bonds. The van der Waals surface area contributed by atoms with Crippen LogP contribution in [0, 0.1) is 0 Å². The lowest BCUT2D eigenvalue weighted by atomic mass is 10.3. The Balaban J connectivity index is 2.84. The molecule has 0 bridgehead atoms. The third kappa shape index (κ3) is 14.3. The fourth-order valence-electron chi connectivity index (χ4n) is 2.57. The molecule has 0 radical (unpaired) electrons. The molecule has 1 rings (SSSR count). The molecule has 1 heterocycles. The van der Waals surface area contributed by atoms with Gasteiger partial charge in [0.2, 0.25) is 5.12 Å². The van der Waals surface area contributed by atoms with Crippen LogP contribution in [-0.2, 0) is 23.9 Å². The summed E-state index contributed by atoms with van der Waals surface area (Å²) in [6.07, 6.45) is 0. The summed E-state index contributed by atoms with van der Waals surface area (Å²) in [4.78, 5) is 62.4. The highest BCUT2D eigenvalue weighted by Crippen LogP contribution is 2.21. The van der Waals surface area contributed by atoms with Crippen molar-refractivity contribution in [1.29, 1.82) is 0 Å². The number of thiocarbonyl (C=S) groups is 1. The number of nitrogens with one attached hydrogen (secondary N) is 4. The zero-order chi connectivity index (χ0) is 30.8. The van der Waals surface area contributed by atoms with Gasteiger partial charge in [-0.05, 0) is 42.3 Å². The molecule has 0 fully saturated rings. The van der Waals surface area contributed by atoms with Crippen molar-refractivity contribution in [2.75, 3.05) is 37.1 Å². The fourth-order valence-corrected chi connectivity index (χ4v) is 7.21. The van der Waals surface area contributed by atoms with Gasteiger partial charge in [0.25, 0.3) is 11.8 Å². The van der Waals surface area contributed by atoms with Crippen LogP contribution in [0.3, 0.4) is 0 Å². The smallest absolute Gasteiger partial charge is 0.329 e. The van der Waals surface area contributed by atoms with Gasteiger partial charge in [-0.3, -0.25) is 19.1 Å². The molecule has 0 aliphatic carbocycles. The summed E-state index contributed by atoms with van der Waals surface area (Å²) in [5.41, 5.74) is 0. The number of aliphatic hydroxyl groups excluding tert-OH is 1. The molecule has 1 aromatic rings. The highest BCUT2D eigenvalue weighted by Gasteiger charge is 2.27. The molecule has 4 atom stereocenters. The Morgan fingerprint density at radius 3 is 1.95 bits per heavy atom. The van der Waals surface area contributed by atoms with Crippen molar-refractivity contribution < 1.29 is 38.6 Å². The quantitative estimate of drug-likeness (QED) is 0.0244. The van der Waals surface area contributed by atoms with Gasteiger partial charge >= 0.3 is 11.9 Å². The van der Waals surface area contributed by atoms with Crippen LogP contribution in [0.4, 0.5) is 0 Å². The van der Waals surface area contributed by atoms with E-state index in [0.717, 1.165) is 34.3 Å². The van der Waals surface area contributed by atoms with E-state index in [-0.39, 0.29) is 46.8 Å². The van der Waals surface area contributed by atoms with E-state index in [1.54, 1.807) is 13.8 Å². The predicted molar refractivity (Wildman–Crippen MR) is 175 cm³/mol. The third-order valence-electron chi connectivity index (χ3n) is 4.62. The van der Waals surface area contributed by atoms with Gasteiger partial charge in [-0.25, -0.2) is 14.3 Å². The molecule has 12 nitrogen and oxygen atoms in total. The van der Waals surface area contributed by atoms with Crippen molar-refractivity contribution in [1.82, 2.24) is 20.1 Å². The molecule has 0 spiro atoms. The van der Waals surface area contributed by atoms with Crippen LogP contribution in [0.1, 0.15) is 33.2 Å². The molecule has 0 aromatic carbocycles. The molecule has 5 N–H and O–H groups in total. The van der Waals surface area contributed by atoms with Crippen molar-refractivity contribution in [3.05, 3.63) is 21.9 Å². The number of esters is 2. The first-order valence-corrected chi connectivity index (χ1v) is 17.6. The molecule has 0 aliphatic heterocycles. The first-order valence-electron chi connectivity index (χ1n) is 12.0. The Kier molecular flexibility index (Phi) is 20.0. The van der Waals surface area contributed by atoms with Crippen molar-refractivity contribution >= 4 is 117 Å². The molecule has 0 saturated heterocycles. The highest BCUT2D eigenvalue weighted by atomic mass is 33.1. The number of aliphatic hydroxyl groups is 1. The van der Waals surface area contributed by atoms with E-state index in [0.29, 0.717) is 0 Å². The average molecular weight is 705 g/mol. The minimum Gasteiger partial charge on any atom is -0.464 e. The lowest BCUT2D eigenvalue weighted by molar-refractivity contribution is -0.145. The monoisotopic (exact) mass is 704 g/mol. The number of ether oxygens (including phenoxy) is 2. The summed E-state index contributed by atoms with van der Waals surface area (Å²) in [6.45, 7) is 3.31. The van der Waals surface area contributed by atoms with Gasteiger partial charge in [0, 0.05) is 17.3 Å². The molecular formula is C22H32N4O8S7. The Bertz CT molecular complexity index is 1030. The molecule has 0 saturated carbocycles. The second kappa shape index (κ2) is 21.6. The number of carbonyl (C=O) groups excluding carboxylic acids is 5. The van der Waals surface area contributed by atoms with Gasteiger partial charge in [0.15, 0.2) is 0 Å². The Morgan fingerprint density at radius 2 is 1.51 bits per heavy atom. The minimum absolute atomic E-state index is 0.0455. The van der Waals surface area contributed by atoms with E-state index >= 15 is 0 Å². The second-order valence-electron chi connectivity index (χ2n) is 7.63. The summed E-state index contributed by atoms with van der Waals surface area (Å²) in [5.74, 6) is -2.10. The van der Waals surface area contributed by atoms with Gasteiger partial charge in [-0.15, -0.1) is 24.0 Å². The minimum atomic E-state index is -1.05. The molecule has 230 valence electrons. The van der Waals surface area contributed by atoms with Crippen molar-refractivity contribution in [2.45, 2.75) is 38.0 Å². The summed E-state index contributed by atoms with van der Waals surface area (Å²) in [7, 11) is 2.38. The topological polar surface area (TPSA) is 172 Å². The molecule has 19 heteroatoms. The van der Waals surface area contributed by atoms with Gasteiger partial charge < -0.3 is 25.2 Å². The maximum atomic E-state index is 12.9. The van der Waals surface area contributed by atoms with Crippen LogP contribution >= 0.6 is 82.5 Å². The van der Waals surface area contributed by atoms with Crippen molar-refractivity contribution in [3.8, 4) is 0 Å². The lowest BCUT2D eigenvalue weighted by Gasteiger charge is -2.18. The highest BCUT2D eigenvalue weighted by molar-refractivity contribution is 8.76. The van der Waals surface area contributed by atoms with Crippen LogP contribution in [0.5, 0.6) is 0 Å². The number of hydrogen-bond acceptors (Lipinski definition) is 16. The van der Waals surface area contributed by atoms with E-state index in [2.05, 4.69) is 45.3 Å².